The Morgan fingerprint density at radius 2 is 1.88 bits per heavy atom. The quantitative estimate of drug-likeness (QED) is 0.274. The number of ether oxygens (including phenoxy) is 1. The fraction of sp³-hybridized carbons (Fsp3) is 0.517. The first kappa shape index (κ1) is 29.7. The highest BCUT2D eigenvalue weighted by molar-refractivity contribution is 7.59. The van der Waals surface area contributed by atoms with Crippen LogP contribution in [0.4, 0.5) is 4.79 Å². The molecule has 216 valence electrons. The minimum absolute atomic E-state index is 0.0166. The number of nitrogens with zero attached hydrogens (tertiary/aromatic N) is 1. The SMILES string of the molecule is CC(NC(=O)OCc1ccccc1)P(=O)(O)C1CCCC1C(=O)NC(CCCC1C=NC2C=CC=CC12)C(=O)O. The Hall–Kier alpha value is -3.23. The molecule has 0 aromatic heterocycles. The number of fused-ring (bicyclic) bond motifs is 1. The van der Waals surface area contributed by atoms with Gasteiger partial charge in [-0.2, -0.15) is 0 Å². The number of aliphatic imine (C=N–C) groups is 1. The molecule has 0 spiro atoms. The molecule has 8 unspecified atom stereocenters. The molecule has 0 radical (unpaired) electrons. The number of carbonyl (C=O) groups is 3. The summed E-state index contributed by atoms with van der Waals surface area (Å²) >= 11 is 0. The summed E-state index contributed by atoms with van der Waals surface area (Å²) in [5, 5.41) is 14.8. The fourth-order valence-electron chi connectivity index (χ4n) is 5.83. The van der Waals surface area contributed by atoms with Crippen molar-refractivity contribution in [1.29, 1.82) is 0 Å². The number of hydrogen-bond acceptors (Lipinski definition) is 6. The lowest BCUT2D eigenvalue weighted by atomic mass is 9.84. The average Bonchev–Trinajstić information content (AvgIpc) is 3.60. The molecule has 11 heteroatoms. The number of hydrogen-bond donors (Lipinski definition) is 4. The summed E-state index contributed by atoms with van der Waals surface area (Å²) in [5.41, 5.74) is -0.106. The Morgan fingerprint density at radius 3 is 2.62 bits per heavy atom. The van der Waals surface area contributed by atoms with Gasteiger partial charge in [0, 0.05) is 29.6 Å². The van der Waals surface area contributed by atoms with Crippen LogP contribution >= 0.6 is 7.37 Å². The van der Waals surface area contributed by atoms with Gasteiger partial charge in [-0.3, -0.25) is 14.4 Å². The summed E-state index contributed by atoms with van der Waals surface area (Å²) in [6.45, 7) is 1.44. The number of allylic oxidation sites excluding steroid dienone is 2. The zero-order chi connectivity index (χ0) is 28.7. The summed E-state index contributed by atoms with van der Waals surface area (Å²) in [5.74, 6) is -3.11. The molecule has 4 rings (SSSR count). The van der Waals surface area contributed by atoms with Gasteiger partial charge in [0.1, 0.15) is 18.4 Å². The zero-order valence-electron chi connectivity index (χ0n) is 22.6. The van der Waals surface area contributed by atoms with Crippen LogP contribution in [0.15, 0.2) is 59.6 Å². The second-order valence-electron chi connectivity index (χ2n) is 10.8. The first-order chi connectivity index (χ1) is 19.2. The van der Waals surface area contributed by atoms with Gasteiger partial charge >= 0.3 is 12.1 Å². The number of nitrogens with one attached hydrogen (secondary N) is 2. The Kier molecular flexibility index (Phi) is 9.98. The van der Waals surface area contributed by atoms with Crippen LogP contribution in [0, 0.1) is 17.8 Å². The van der Waals surface area contributed by atoms with E-state index in [4.69, 9.17) is 4.74 Å². The predicted octanol–water partition coefficient (Wildman–Crippen LogP) is 4.25. The largest absolute Gasteiger partial charge is 0.480 e. The third-order valence-corrected chi connectivity index (χ3v) is 10.9. The maximum absolute atomic E-state index is 13.5. The number of benzene rings is 1. The average molecular weight is 572 g/mol. The monoisotopic (exact) mass is 571 g/mol. The van der Waals surface area contributed by atoms with Gasteiger partial charge < -0.3 is 25.4 Å². The molecule has 1 fully saturated rings. The van der Waals surface area contributed by atoms with Gasteiger partial charge in [0.05, 0.1) is 6.04 Å². The van der Waals surface area contributed by atoms with Gasteiger partial charge in [-0.15, -0.1) is 0 Å². The standard InChI is InChI=1S/C29H38N3O7P/c1-19(31-29(36)39-18-20-9-3-2-4-10-20)40(37,38)26-16-8-13-23(26)27(33)32-25(28(34)35)15-7-11-21-17-30-24-14-6-5-12-22(21)24/h2-6,9-10,12,14,17,19,21-26H,7-8,11,13,15-16,18H2,1H3,(H,31,36)(H,32,33)(H,34,35)(H,37,38). The van der Waals surface area contributed by atoms with E-state index in [0.29, 0.717) is 25.7 Å². The van der Waals surface area contributed by atoms with Crippen molar-refractivity contribution >= 4 is 31.6 Å². The van der Waals surface area contributed by atoms with Gasteiger partial charge in [-0.05, 0) is 38.2 Å². The Balaban J connectivity index is 1.28. The minimum Gasteiger partial charge on any atom is -0.480 e. The highest BCUT2D eigenvalue weighted by atomic mass is 31.2. The van der Waals surface area contributed by atoms with E-state index in [1.165, 1.54) is 6.92 Å². The molecular weight excluding hydrogens is 533 g/mol. The van der Waals surface area contributed by atoms with Crippen LogP contribution in [-0.4, -0.2) is 57.7 Å². The maximum Gasteiger partial charge on any atom is 0.408 e. The van der Waals surface area contributed by atoms with Gasteiger partial charge in [0.2, 0.25) is 13.3 Å². The van der Waals surface area contributed by atoms with E-state index in [-0.39, 0.29) is 30.9 Å². The summed E-state index contributed by atoms with van der Waals surface area (Å²) < 4.78 is 18.6. The Morgan fingerprint density at radius 1 is 1.12 bits per heavy atom. The molecule has 4 N–H and O–H groups in total. The van der Waals surface area contributed by atoms with E-state index in [0.717, 1.165) is 12.0 Å². The fourth-order valence-corrected chi connectivity index (χ4v) is 8.05. The molecule has 3 aliphatic rings. The lowest BCUT2D eigenvalue weighted by molar-refractivity contribution is -0.142. The minimum atomic E-state index is -4.05. The number of aliphatic carboxylic acids is 1. The molecule has 0 bridgehead atoms. The van der Waals surface area contributed by atoms with Crippen molar-refractivity contribution in [2.45, 2.75) is 75.6 Å². The van der Waals surface area contributed by atoms with Crippen molar-refractivity contribution in [2.24, 2.45) is 22.7 Å². The number of carbonyl (C=O) groups excluding carboxylic acids is 2. The number of carboxylic acid groups (broad SMARTS) is 1. The van der Waals surface area contributed by atoms with Crippen LogP contribution in [0.3, 0.4) is 0 Å². The summed E-state index contributed by atoms with van der Waals surface area (Å²) in [7, 11) is -4.05. The lowest BCUT2D eigenvalue weighted by Crippen LogP contribution is -2.46. The van der Waals surface area contributed by atoms with E-state index in [9.17, 15) is 28.9 Å². The van der Waals surface area contributed by atoms with E-state index >= 15 is 0 Å². The Bertz CT molecular complexity index is 1200. The molecule has 1 heterocycles. The van der Waals surface area contributed by atoms with E-state index in [2.05, 4.69) is 27.8 Å². The van der Waals surface area contributed by atoms with Gasteiger partial charge in [0.15, 0.2) is 0 Å². The molecule has 8 atom stereocenters. The molecule has 2 amide bonds. The molecule has 0 saturated heterocycles. The van der Waals surface area contributed by atoms with Crippen LogP contribution in [0.2, 0.25) is 0 Å². The van der Waals surface area contributed by atoms with E-state index in [1.54, 1.807) is 12.1 Å². The van der Waals surface area contributed by atoms with Crippen molar-refractivity contribution in [2.75, 3.05) is 0 Å². The van der Waals surface area contributed by atoms with Crippen LogP contribution in [0.25, 0.3) is 0 Å². The highest BCUT2D eigenvalue weighted by Gasteiger charge is 2.47. The van der Waals surface area contributed by atoms with Gasteiger partial charge in [-0.25, -0.2) is 9.59 Å². The molecule has 1 saturated carbocycles. The number of rotatable bonds is 12. The maximum atomic E-state index is 13.5. The normalized spacial score (nSPS) is 27.8. The van der Waals surface area contributed by atoms with Crippen LogP contribution in [0.1, 0.15) is 51.0 Å². The molecule has 1 aliphatic heterocycles. The summed E-state index contributed by atoms with van der Waals surface area (Å²) in [4.78, 5) is 52.9. The molecular formula is C29H38N3O7P. The summed E-state index contributed by atoms with van der Waals surface area (Å²) in [6.07, 6.45) is 12.2. The molecule has 1 aromatic rings. The van der Waals surface area contributed by atoms with Gasteiger partial charge in [0.25, 0.3) is 0 Å². The Labute approximate surface area is 234 Å². The van der Waals surface area contributed by atoms with Crippen molar-refractivity contribution in [1.82, 2.24) is 10.6 Å². The van der Waals surface area contributed by atoms with Crippen molar-refractivity contribution in [3.05, 3.63) is 60.2 Å². The second-order valence-corrected chi connectivity index (χ2v) is 13.6. The molecule has 1 aromatic carbocycles. The van der Waals surface area contributed by atoms with Crippen molar-refractivity contribution < 1.29 is 33.7 Å². The van der Waals surface area contributed by atoms with Crippen molar-refractivity contribution in [3.63, 3.8) is 0 Å². The first-order valence-electron chi connectivity index (χ1n) is 13.9. The lowest BCUT2D eigenvalue weighted by Gasteiger charge is -2.29. The van der Waals surface area contributed by atoms with Crippen molar-refractivity contribution in [3.8, 4) is 0 Å². The van der Waals surface area contributed by atoms with Crippen LogP contribution < -0.4 is 10.6 Å². The number of alkyl carbamates (subject to hydrolysis) is 1. The van der Waals surface area contributed by atoms with Crippen LogP contribution in [0.5, 0.6) is 0 Å². The number of carboxylic acids is 1. The third kappa shape index (κ3) is 7.29. The van der Waals surface area contributed by atoms with E-state index < -0.39 is 48.7 Å². The molecule has 40 heavy (non-hydrogen) atoms. The van der Waals surface area contributed by atoms with Crippen LogP contribution in [-0.2, 0) is 25.5 Å². The highest BCUT2D eigenvalue weighted by Crippen LogP contribution is 2.57. The zero-order valence-corrected chi connectivity index (χ0v) is 23.5. The third-order valence-electron chi connectivity index (χ3n) is 8.12. The summed E-state index contributed by atoms with van der Waals surface area (Å²) in [6, 6.07) is 8.10. The van der Waals surface area contributed by atoms with Gasteiger partial charge in [-0.1, -0.05) is 67.5 Å². The smallest absolute Gasteiger partial charge is 0.408 e. The first-order valence-corrected chi connectivity index (χ1v) is 15.7. The second kappa shape index (κ2) is 13.4. The molecule has 10 nitrogen and oxygen atoms in total. The predicted molar refractivity (Wildman–Crippen MR) is 151 cm³/mol. The van der Waals surface area contributed by atoms with E-state index in [1.807, 2.05) is 36.6 Å². The molecule has 2 aliphatic carbocycles. The topological polar surface area (TPSA) is 154 Å². The number of amides is 2.